The van der Waals surface area contributed by atoms with E-state index in [9.17, 15) is 0 Å². The van der Waals surface area contributed by atoms with Crippen molar-refractivity contribution in [2.45, 2.75) is 0 Å². The molecule has 0 amide bonds. The largest absolute Gasteiger partial charge is 0.456 e. The van der Waals surface area contributed by atoms with Gasteiger partial charge in [-0.1, -0.05) is 133 Å². The molecule has 58 heavy (non-hydrogen) atoms. The second-order valence-electron chi connectivity index (χ2n) is 14.9. The lowest BCUT2D eigenvalue weighted by Crippen LogP contribution is -2.10. The molecule has 0 saturated heterocycles. The van der Waals surface area contributed by atoms with E-state index in [1.165, 1.54) is 33.0 Å². The standard InChI is InChI=1S/C54H34N2O2/c1-3-11-35(12-4-1)37-21-26-40(27-22-37)55(42-30-32-46-45-31-25-39(36-13-5-2-6-14-36)33-51(45)57-52(46)34-42)41-28-23-38(24-29-41)43-16-9-19-49-54(43)58-50-20-10-17-47-44-15-7-8-18-48(44)56(49)53(47)50/h1-34H. The summed E-state index contributed by atoms with van der Waals surface area (Å²) in [5, 5.41) is 4.62. The highest BCUT2D eigenvalue weighted by molar-refractivity contribution is 6.12. The van der Waals surface area contributed by atoms with Crippen LogP contribution in [0, 0.1) is 0 Å². The molecule has 1 aliphatic heterocycles. The molecule has 0 radical (unpaired) electrons. The number of benzene rings is 9. The van der Waals surface area contributed by atoms with Gasteiger partial charge in [-0.25, -0.2) is 0 Å². The lowest BCUT2D eigenvalue weighted by molar-refractivity contribution is 0.478. The number of aromatic nitrogens is 1. The number of furan rings is 1. The molecule has 0 unspecified atom stereocenters. The summed E-state index contributed by atoms with van der Waals surface area (Å²) < 4.78 is 15.7. The molecule has 4 heteroatoms. The van der Waals surface area contributed by atoms with E-state index in [0.717, 1.165) is 78.4 Å². The molecule has 0 aliphatic carbocycles. The Hall–Kier alpha value is -7.82. The van der Waals surface area contributed by atoms with Crippen molar-refractivity contribution < 1.29 is 9.15 Å². The minimum Gasteiger partial charge on any atom is -0.456 e. The Morgan fingerprint density at radius 3 is 1.71 bits per heavy atom. The highest BCUT2D eigenvalue weighted by atomic mass is 16.5. The summed E-state index contributed by atoms with van der Waals surface area (Å²) in [5.41, 5.74) is 14.9. The predicted molar refractivity (Wildman–Crippen MR) is 239 cm³/mol. The highest BCUT2D eigenvalue weighted by Crippen LogP contribution is 2.49. The maximum Gasteiger partial charge on any atom is 0.159 e. The smallest absolute Gasteiger partial charge is 0.159 e. The van der Waals surface area contributed by atoms with Crippen molar-refractivity contribution in [3.8, 4) is 50.6 Å². The van der Waals surface area contributed by atoms with E-state index < -0.39 is 0 Å². The van der Waals surface area contributed by atoms with E-state index in [1.807, 2.05) is 6.07 Å². The molecule has 0 saturated carbocycles. The number of fused-ring (bicyclic) bond motifs is 8. The van der Waals surface area contributed by atoms with Gasteiger partial charge in [0.2, 0.25) is 0 Å². The number of ether oxygens (including phenoxy) is 1. The van der Waals surface area contributed by atoms with Crippen molar-refractivity contribution in [1.29, 1.82) is 0 Å². The number of hydrogen-bond donors (Lipinski definition) is 0. The predicted octanol–water partition coefficient (Wildman–Crippen LogP) is 15.3. The molecule has 0 bridgehead atoms. The summed E-state index contributed by atoms with van der Waals surface area (Å²) in [5.74, 6) is 1.73. The van der Waals surface area contributed by atoms with Crippen molar-refractivity contribution in [1.82, 2.24) is 4.57 Å². The van der Waals surface area contributed by atoms with Crippen molar-refractivity contribution in [3.63, 3.8) is 0 Å². The zero-order valence-corrected chi connectivity index (χ0v) is 31.3. The van der Waals surface area contributed by atoms with Gasteiger partial charge >= 0.3 is 0 Å². The van der Waals surface area contributed by atoms with Crippen LogP contribution in [0.3, 0.4) is 0 Å². The van der Waals surface area contributed by atoms with Gasteiger partial charge in [0.15, 0.2) is 11.5 Å². The van der Waals surface area contributed by atoms with Crippen LogP contribution in [-0.2, 0) is 0 Å². The summed E-state index contributed by atoms with van der Waals surface area (Å²) in [6.07, 6.45) is 0. The van der Waals surface area contributed by atoms with Crippen LogP contribution in [0.4, 0.5) is 17.1 Å². The molecule has 4 nitrogen and oxygen atoms in total. The van der Waals surface area contributed by atoms with E-state index in [2.05, 4.69) is 210 Å². The van der Waals surface area contributed by atoms with Crippen molar-refractivity contribution in [3.05, 3.63) is 206 Å². The molecule has 9 aromatic carbocycles. The number of anilines is 3. The number of rotatable bonds is 6. The Balaban J connectivity index is 0.964. The third-order valence-electron chi connectivity index (χ3n) is 11.6. The molecule has 272 valence electrons. The fourth-order valence-corrected chi connectivity index (χ4v) is 8.85. The number of nitrogens with zero attached hydrogens (tertiary/aromatic N) is 2. The lowest BCUT2D eigenvalue weighted by atomic mass is 10.0. The third kappa shape index (κ3) is 5.09. The molecular formula is C54H34N2O2. The SMILES string of the molecule is c1ccc(-c2ccc(N(c3ccc(-c4cccc5c4Oc4cccc6c7ccccc7n-5c46)cc3)c3ccc4c(c3)oc3cc(-c5ccccc5)ccc34)cc2)cc1. The summed E-state index contributed by atoms with van der Waals surface area (Å²) in [7, 11) is 0. The molecule has 0 fully saturated rings. The molecule has 11 aromatic rings. The Kier molecular flexibility index (Phi) is 7.20. The maximum absolute atomic E-state index is 6.79. The van der Waals surface area contributed by atoms with Crippen LogP contribution >= 0.6 is 0 Å². The van der Waals surface area contributed by atoms with Crippen LogP contribution in [0.15, 0.2) is 211 Å². The molecule has 3 heterocycles. The minimum absolute atomic E-state index is 0.847. The first-order chi connectivity index (χ1) is 28.7. The van der Waals surface area contributed by atoms with Gasteiger partial charge < -0.3 is 18.6 Å². The van der Waals surface area contributed by atoms with Crippen molar-refractivity contribution >= 4 is 60.8 Å². The second-order valence-corrected chi connectivity index (χ2v) is 14.9. The van der Waals surface area contributed by atoms with Gasteiger partial charge in [-0.05, 0) is 94.5 Å². The summed E-state index contributed by atoms with van der Waals surface area (Å²) in [4.78, 5) is 2.30. The molecule has 0 N–H and O–H groups in total. The second kappa shape index (κ2) is 12.9. The number of para-hydroxylation sites is 3. The summed E-state index contributed by atoms with van der Waals surface area (Å²) in [6, 6.07) is 73.0. The molecular weight excluding hydrogens is 709 g/mol. The van der Waals surface area contributed by atoms with Gasteiger partial charge in [0.05, 0.1) is 16.7 Å². The van der Waals surface area contributed by atoms with Crippen molar-refractivity contribution in [2.24, 2.45) is 0 Å². The first kappa shape index (κ1) is 32.4. The highest BCUT2D eigenvalue weighted by Gasteiger charge is 2.26. The van der Waals surface area contributed by atoms with Crippen LogP contribution in [0.5, 0.6) is 11.5 Å². The molecule has 2 aromatic heterocycles. The first-order valence-corrected chi connectivity index (χ1v) is 19.7. The average molecular weight is 743 g/mol. The van der Waals surface area contributed by atoms with Gasteiger partial charge in [-0.15, -0.1) is 0 Å². The maximum atomic E-state index is 6.79. The van der Waals surface area contributed by atoms with Crippen LogP contribution < -0.4 is 9.64 Å². The van der Waals surface area contributed by atoms with Crippen molar-refractivity contribution in [2.75, 3.05) is 4.90 Å². The van der Waals surface area contributed by atoms with Gasteiger partial charge in [0, 0.05) is 50.2 Å². The normalized spacial score (nSPS) is 11.9. The molecule has 0 spiro atoms. The zero-order chi connectivity index (χ0) is 38.2. The van der Waals surface area contributed by atoms with Crippen LogP contribution in [0.25, 0.3) is 82.8 Å². The monoisotopic (exact) mass is 742 g/mol. The zero-order valence-electron chi connectivity index (χ0n) is 31.3. The Bertz CT molecular complexity index is 3340. The fraction of sp³-hybridized carbons (Fsp3) is 0. The van der Waals surface area contributed by atoms with E-state index >= 15 is 0 Å². The quantitative estimate of drug-likeness (QED) is 0.170. The lowest BCUT2D eigenvalue weighted by Gasteiger charge is -2.26. The fourth-order valence-electron chi connectivity index (χ4n) is 8.85. The Labute approximate surface area is 335 Å². The van der Waals surface area contributed by atoms with Gasteiger partial charge in [0.25, 0.3) is 0 Å². The third-order valence-corrected chi connectivity index (χ3v) is 11.6. The topological polar surface area (TPSA) is 30.5 Å². The summed E-state index contributed by atoms with van der Waals surface area (Å²) in [6.45, 7) is 0. The Morgan fingerprint density at radius 2 is 0.948 bits per heavy atom. The Morgan fingerprint density at radius 1 is 0.379 bits per heavy atom. The van der Waals surface area contributed by atoms with Crippen LogP contribution in [0.2, 0.25) is 0 Å². The molecule has 0 atom stereocenters. The molecule has 12 rings (SSSR count). The first-order valence-electron chi connectivity index (χ1n) is 19.7. The average Bonchev–Trinajstić information content (AvgIpc) is 3.84. The van der Waals surface area contributed by atoms with Crippen LogP contribution in [0.1, 0.15) is 0 Å². The van der Waals surface area contributed by atoms with E-state index in [0.29, 0.717) is 0 Å². The van der Waals surface area contributed by atoms with Crippen LogP contribution in [-0.4, -0.2) is 4.57 Å². The van der Waals surface area contributed by atoms with Gasteiger partial charge in [-0.3, -0.25) is 0 Å². The van der Waals surface area contributed by atoms with E-state index in [1.54, 1.807) is 0 Å². The summed E-state index contributed by atoms with van der Waals surface area (Å²) >= 11 is 0. The van der Waals surface area contributed by atoms with E-state index in [4.69, 9.17) is 9.15 Å². The van der Waals surface area contributed by atoms with Gasteiger partial charge in [0.1, 0.15) is 11.2 Å². The van der Waals surface area contributed by atoms with Gasteiger partial charge in [-0.2, -0.15) is 0 Å². The van der Waals surface area contributed by atoms with E-state index in [-0.39, 0.29) is 0 Å². The minimum atomic E-state index is 0.847. The number of hydrogen-bond acceptors (Lipinski definition) is 3. The molecule has 1 aliphatic rings.